The van der Waals surface area contributed by atoms with E-state index in [1.165, 1.54) is 5.56 Å². The van der Waals surface area contributed by atoms with Crippen LogP contribution in [-0.2, 0) is 9.84 Å². The van der Waals surface area contributed by atoms with E-state index in [1.807, 2.05) is 43.3 Å². The minimum atomic E-state index is -1.43. The van der Waals surface area contributed by atoms with Gasteiger partial charge in [-0.3, -0.25) is 0 Å². The minimum Gasteiger partial charge on any atom is -0.432 e. The van der Waals surface area contributed by atoms with Crippen molar-refractivity contribution in [1.29, 1.82) is 0 Å². The summed E-state index contributed by atoms with van der Waals surface area (Å²) in [5.74, 6) is 0. The van der Waals surface area contributed by atoms with Crippen molar-refractivity contribution in [2.45, 2.75) is 19.8 Å². The van der Waals surface area contributed by atoms with Crippen LogP contribution in [-0.4, -0.2) is 12.8 Å². The van der Waals surface area contributed by atoms with E-state index in [0.717, 1.165) is 12.8 Å². The van der Waals surface area contributed by atoms with Gasteiger partial charge in [-0.25, -0.2) is 0 Å². The SMILES string of the molecule is C=Cc1ccccc1.CCCCOC([O])=O. The first-order valence-corrected chi connectivity index (χ1v) is 5.22. The molecular formula is C13H17O3. The number of carbonyl (C=O) groups is 1. The summed E-state index contributed by atoms with van der Waals surface area (Å²) in [6.07, 6.45) is 2.11. The summed E-state index contributed by atoms with van der Waals surface area (Å²) in [5.41, 5.74) is 1.17. The highest BCUT2D eigenvalue weighted by Gasteiger charge is 1.95. The number of ether oxygens (including phenoxy) is 1. The Morgan fingerprint density at radius 1 is 1.38 bits per heavy atom. The fraction of sp³-hybridized carbons (Fsp3) is 0.308. The van der Waals surface area contributed by atoms with Crippen LogP contribution in [0.1, 0.15) is 25.3 Å². The van der Waals surface area contributed by atoms with Gasteiger partial charge in [-0.15, -0.1) is 0 Å². The molecule has 0 fully saturated rings. The quantitative estimate of drug-likeness (QED) is 0.575. The van der Waals surface area contributed by atoms with Gasteiger partial charge in [0.25, 0.3) is 0 Å². The maximum absolute atomic E-state index is 9.54. The Kier molecular flexibility index (Phi) is 8.69. The molecule has 3 heteroatoms. The molecule has 0 saturated carbocycles. The third-order valence-corrected chi connectivity index (χ3v) is 1.75. The fourth-order valence-corrected chi connectivity index (χ4v) is 0.889. The van der Waals surface area contributed by atoms with E-state index in [9.17, 15) is 9.90 Å². The molecule has 0 aliphatic carbocycles. The van der Waals surface area contributed by atoms with Crippen LogP contribution < -0.4 is 0 Å². The standard InChI is InChI=1S/C8H8.C5H9O3/c1-2-8-6-4-3-5-7-8;1-2-3-4-8-5(6)7/h2-7H,1H2;2-4H2,1H3. The molecule has 0 aliphatic rings. The first kappa shape index (κ1) is 14.2. The van der Waals surface area contributed by atoms with Crippen molar-refractivity contribution in [1.82, 2.24) is 0 Å². The second-order valence-corrected chi connectivity index (χ2v) is 3.07. The van der Waals surface area contributed by atoms with Gasteiger partial charge in [0.2, 0.25) is 0 Å². The summed E-state index contributed by atoms with van der Waals surface area (Å²) in [5, 5.41) is 9.54. The zero-order chi connectivity index (χ0) is 12.2. The molecule has 0 aromatic heterocycles. The highest BCUT2D eigenvalue weighted by Crippen LogP contribution is 1.97. The highest BCUT2D eigenvalue weighted by molar-refractivity contribution is 5.56. The van der Waals surface area contributed by atoms with Gasteiger partial charge >= 0.3 is 6.16 Å². The maximum atomic E-state index is 9.54. The third-order valence-electron chi connectivity index (χ3n) is 1.75. The molecule has 0 saturated heterocycles. The summed E-state index contributed by atoms with van der Waals surface area (Å²) in [4.78, 5) is 9.54. The van der Waals surface area contributed by atoms with Crippen LogP contribution >= 0.6 is 0 Å². The summed E-state index contributed by atoms with van der Waals surface area (Å²) in [7, 11) is 0. The lowest BCUT2D eigenvalue weighted by atomic mass is 10.2. The Labute approximate surface area is 96.4 Å². The van der Waals surface area contributed by atoms with Gasteiger partial charge < -0.3 is 4.74 Å². The lowest BCUT2D eigenvalue weighted by molar-refractivity contribution is 0.0668. The van der Waals surface area contributed by atoms with E-state index in [-0.39, 0.29) is 6.61 Å². The van der Waals surface area contributed by atoms with E-state index >= 15 is 0 Å². The second kappa shape index (κ2) is 9.77. The number of unbranched alkanes of at least 4 members (excludes halogenated alkanes) is 1. The lowest BCUT2D eigenvalue weighted by Gasteiger charge is -1.92. The Morgan fingerprint density at radius 3 is 2.38 bits per heavy atom. The molecule has 1 aromatic carbocycles. The Balaban J connectivity index is 0.000000281. The van der Waals surface area contributed by atoms with Crippen LogP contribution in [0.15, 0.2) is 36.9 Å². The molecule has 0 heterocycles. The summed E-state index contributed by atoms with van der Waals surface area (Å²) >= 11 is 0. The van der Waals surface area contributed by atoms with E-state index in [0.29, 0.717) is 0 Å². The molecule has 1 aromatic rings. The molecule has 1 rings (SSSR count). The second-order valence-electron chi connectivity index (χ2n) is 3.07. The first-order valence-electron chi connectivity index (χ1n) is 5.22. The van der Waals surface area contributed by atoms with Crippen LogP contribution in [0.5, 0.6) is 0 Å². The van der Waals surface area contributed by atoms with Crippen molar-refractivity contribution in [2.75, 3.05) is 6.61 Å². The van der Waals surface area contributed by atoms with Crippen molar-refractivity contribution in [3.8, 4) is 0 Å². The average Bonchev–Trinajstić information content (AvgIpc) is 2.31. The van der Waals surface area contributed by atoms with Crippen molar-refractivity contribution in [2.24, 2.45) is 0 Å². The van der Waals surface area contributed by atoms with Crippen molar-refractivity contribution in [3.05, 3.63) is 42.5 Å². The van der Waals surface area contributed by atoms with Crippen LogP contribution in [0.2, 0.25) is 0 Å². The number of hydrogen-bond acceptors (Lipinski definition) is 2. The average molecular weight is 221 g/mol. The van der Waals surface area contributed by atoms with Crippen molar-refractivity contribution >= 4 is 12.2 Å². The number of rotatable bonds is 4. The fourth-order valence-electron chi connectivity index (χ4n) is 0.889. The Hall–Kier alpha value is -1.77. The van der Waals surface area contributed by atoms with Gasteiger partial charge in [-0.2, -0.15) is 9.90 Å². The molecule has 87 valence electrons. The minimum absolute atomic E-state index is 0.263. The zero-order valence-corrected chi connectivity index (χ0v) is 9.52. The van der Waals surface area contributed by atoms with Gasteiger partial charge in [0.15, 0.2) is 0 Å². The van der Waals surface area contributed by atoms with Gasteiger partial charge in [0.05, 0.1) is 6.61 Å². The van der Waals surface area contributed by atoms with E-state index < -0.39 is 6.16 Å². The molecule has 0 spiro atoms. The number of benzene rings is 1. The molecule has 0 N–H and O–H groups in total. The zero-order valence-electron chi connectivity index (χ0n) is 9.52. The van der Waals surface area contributed by atoms with E-state index in [2.05, 4.69) is 11.3 Å². The van der Waals surface area contributed by atoms with Gasteiger partial charge in [-0.05, 0) is 12.0 Å². The highest BCUT2D eigenvalue weighted by atomic mass is 16.7. The van der Waals surface area contributed by atoms with Crippen LogP contribution in [0, 0.1) is 0 Å². The molecular weight excluding hydrogens is 204 g/mol. The largest absolute Gasteiger partial charge is 0.549 e. The number of hydrogen-bond donors (Lipinski definition) is 0. The Bertz CT molecular complexity index is 293. The normalized spacial score (nSPS) is 8.56. The van der Waals surface area contributed by atoms with Crippen LogP contribution in [0.3, 0.4) is 0 Å². The molecule has 0 unspecified atom stereocenters. The monoisotopic (exact) mass is 221 g/mol. The lowest BCUT2D eigenvalue weighted by Crippen LogP contribution is -1.99. The van der Waals surface area contributed by atoms with Gasteiger partial charge in [-0.1, -0.05) is 56.3 Å². The molecule has 0 aliphatic heterocycles. The summed E-state index contributed by atoms with van der Waals surface area (Å²) in [6.45, 7) is 5.85. The molecule has 0 bridgehead atoms. The summed E-state index contributed by atoms with van der Waals surface area (Å²) < 4.78 is 4.09. The van der Waals surface area contributed by atoms with Gasteiger partial charge in [0.1, 0.15) is 0 Å². The van der Waals surface area contributed by atoms with E-state index in [4.69, 9.17) is 0 Å². The molecule has 1 radical (unpaired) electrons. The predicted molar refractivity (Wildman–Crippen MR) is 63.5 cm³/mol. The van der Waals surface area contributed by atoms with E-state index in [1.54, 1.807) is 0 Å². The first-order chi connectivity index (χ1) is 7.70. The van der Waals surface area contributed by atoms with Crippen LogP contribution in [0.25, 0.3) is 6.08 Å². The summed E-state index contributed by atoms with van der Waals surface area (Å²) in [6, 6.07) is 10.0. The molecule has 16 heavy (non-hydrogen) atoms. The number of carbonyl (C=O) groups excluding carboxylic acids is 1. The predicted octanol–water partition coefficient (Wildman–Crippen LogP) is 3.68. The molecule has 0 atom stereocenters. The molecule has 0 amide bonds. The molecule has 3 nitrogen and oxygen atoms in total. The third kappa shape index (κ3) is 8.81. The topological polar surface area (TPSA) is 46.2 Å². The Morgan fingerprint density at radius 2 is 2.00 bits per heavy atom. The van der Waals surface area contributed by atoms with Gasteiger partial charge in [0, 0.05) is 0 Å². The smallest absolute Gasteiger partial charge is 0.432 e. The van der Waals surface area contributed by atoms with Crippen molar-refractivity contribution in [3.63, 3.8) is 0 Å². The maximum Gasteiger partial charge on any atom is 0.549 e. The van der Waals surface area contributed by atoms with Crippen molar-refractivity contribution < 1.29 is 14.6 Å². The van der Waals surface area contributed by atoms with Crippen LogP contribution in [0.4, 0.5) is 4.79 Å².